The minimum atomic E-state index is -0.534. The van der Waals surface area contributed by atoms with E-state index in [0.29, 0.717) is 5.56 Å². The van der Waals surface area contributed by atoms with Gasteiger partial charge in [-0.25, -0.2) is 5.43 Å². The van der Waals surface area contributed by atoms with Crippen molar-refractivity contribution in [1.82, 2.24) is 10.7 Å². The molecule has 0 aliphatic rings. The van der Waals surface area contributed by atoms with Crippen LogP contribution in [0.15, 0.2) is 95.7 Å². The first-order valence-electron chi connectivity index (χ1n) is 9.26. The molecule has 0 radical (unpaired) electrons. The van der Waals surface area contributed by atoms with Gasteiger partial charge in [0.25, 0.3) is 11.8 Å². The molecule has 150 valence electrons. The monoisotopic (exact) mass is 399 g/mol. The molecule has 0 aromatic heterocycles. The van der Waals surface area contributed by atoms with Gasteiger partial charge >= 0.3 is 0 Å². The number of methoxy groups -OCH3 is 1. The second kappa shape index (κ2) is 10.4. The highest BCUT2D eigenvalue weighted by molar-refractivity contribution is 6.05. The normalized spacial score (nSPS) is 11.2. The number of carbonyl (C=O) groups excluding carboxylic acids is 2. The van der Waals surface area contributed by atoms with E-state index in [1.165, 1.54) is 6.21 Å². The van der Waals surface area contributed by atoms with E-state index in [0.717, 1.165) is 16.9 Å². The summed E-state index contributed by atoms with van der Waals surface area (Å²) in [7, 11) is 1.59. The molecule has 0 heterocycles. The summed E-state index contributed by atoms with van der Waals surface area (Å²) in [6, 6.07) is 25.1. The lowest BCUT2D eigenvalue weighted by Crippen LogP contribution is -2.32. The highest BCUT2D eigenvalue weighted by atomic mass is 16.5. The Balaban J connectivity index is 1.75. The largest absolute Gasteiger partial charge is 0.497 e. The van der Waals surface area contributed by atoms with Crippen LogP contribution in [0.1, 0.15) is 21.5 Å². The number of benzene rings is 3. The maximum absolute atomic E-state index is 12.7. The Kier molecular flexibility index (Phi) is 7.11. The molecule has 0 aliphatic heterocycles. The lowest BCUT2D eigenvalue weighted by Gasteiger charge is -2.09. The van der Waals surface area contributed by atoms with Gasteiger partial charge < -0.3 is 10.1 Å². The van der Waals surface area contributed by atoms with E-state index in [-0.39, 0.29) is 11.6 Å². The summed E-state index contributed by atoms with van der Waals surface area (Å²) in [4.78, 5) is 25.2. The van der Waals surface area contributed by atoms with Gasteiger partial charge in [-0.05, 0) is 53.6 Å². The van der Waals surface area contributed by atoms with Crippen LogP contribution < -0.4 is 15.5 Å². The van der Waals surface area contributed by atoms with Crippen LogP contribution in [0, 0.1) is 0 Å². The Hall–Kier alpha value is -4.19. The van der Waals surface area contributed by atoms with E-state index in [1.807, 2.05) is 48.5 Å². The van der Waals surface area contributed by atoms with Crippen molar-refractivity contribution in [2.24, 2.45) is 5.10 Å². The fraction of sp³-hybridized carbons (Fsp3) is 0.0417. The molecule has 0 spiro atoms. The summed E-state index contributed by atoms with van der Waals surface area (Å²) >= 11 is 0. The van der Waals surface area contributed by atoms with E-state index in [1.54, 1.807) is 49.6 Å². The number of ether oxygens (including phenoxy) is 1. The smallest absolute Gasteiger partial charge is 0.287 e. The number of nitrogens with zero attached hydrogens (tertiary/aromatic N) is 1. The summed E-state index contributed by atoms with van der Waals surface area (Å²) in [5.74, 6) is -0.187. The van der Waals surface area contributed by atoms with Gasteiger partial charge in [-0.3, -0.25) is 9.59 Å². The summed E-state index contributed by atoms with van der Waals surface area (Å²) < 4.78 is 5.11. The van der Waals surface area contributed by atoms with Crippen LogP contribution in [0.5, 0.6) is 5.75 Å². The van der Waals surface area contributed by atoms with Crippen molar-refractivity contribution in [3.8, 4) is 5.75 Å². The van der Waals surface area contributed by atoms with Crippen LogP contribution in [-0.4, -0.2) is 25.1 Å². The van der Waals surface area contributed by atoms with Gasteiger partial charge in [0.05, 0.1) is 13.3 Å². The molecule has 0 aliphatic carbocycles. The minimum Gasteiger partial charge on any atom is -0.497 e. The zero-order valence-corrected chi connectivity index (χ0v) is 16.4. The third kappa shape index (κ3) is 5.90. The Morgan fingerprint density at radius 1 is 0.833 bits per heavy atom. The molecule has 2 N–H and O–H groups in total. The molecule has 0 bridgehead atoms. The van der Waals surface area contributed by atoms with Gasteiger partial charge in [-0.15, -0.1) is 0 Å². The van der Waals surface area contributed by atoms with Crippen LogP contribution in [-0.2, 0) is 4.79 Å². The van der Waals surface area contributed by atoms with Gasteiger partial charge in [0.15, 0.2) is 0 Å². The van der Waals surface area contributed by atoms with E-state index in [4.69, 9.17) is 4.74 Å². The van der Waals surface area contributed by atoms with Crippen LogP contribution >= 0.6 is 0 Å². The highest BCUT2D eigenvalue weighted by Crippen LogP contribution is 2.10. The number of rotatable bonds is 7. The minimum absolute atomic E-state index is 0.0851. The summed E-state index contributed by atoms with van der Waals surface area (Å²) in [5, 5.41) is 6.65. The third-order valence-corrected chi connectivity index (χ3v) is 4.13. The van der Waals surface area contributed by atoms with Gasteiger partial charge in [0, 0.05) is 5.56 Å². The molecule has 2 amide bonds. The molecule has 0 fully saturated rings. The molecule has 0 saturated heterocycles. The molecule has 3 rings (SSSR count). The number of amides is 2. The first-order valence-corrected chi connectivity index (χ1v) is 9.26. The van der Waals surface area contributed by atoms with Crippen molar-refractivity contribution < 1.29 is 14.3 Å². The van der Waals surface area contributed by atoms with Crippen LogP contribution in [0.4, 0.5) is 0 Å². The molecule has 6 nitrogen and oxygen atoms in total. The Bertz CT molecular complexity index is 1040. The molecule has 3 aromatic carbocycles. The fourth-order valence-electron chi connectivity index (χ4n) is 2.57. The average molecular weight is 399 g/mol. The van der Waals surface area contributed by atoms with Crippen molar-refractivity contribution in [3.63, 3.8) is 0 Å². The first kappa shape index (κ1) is 20.5. The molecular weight excluding hydrogens is 378 g/mol. The van der Waals surface area contributed by atoms with E-state index in [2.05, 4.69) is 15.8 Å². The molecule has 0 saturated carbocycles. The first-order chi connectivity index (χ1) is 14.7. The molecular formula is C24H21N3O3. The lowest BCUT2D eigenvalue weighted by atomic mass is 10.1. The quantitative estimate of drug-likeness (QED) is 0.362. The van der Waals surface area contributed by atoms with Crippen LogP contribution in [0.25, 0.3) is 6.08 Å². The van der Waals surface area contributed by atoms with E-state index in [9.17, 15) is 9.59 Å². The zero-order valence-electron chi connectivity index (χ0n) is 16.4. The Morgan fingerprint density at radius 2 is 1.47 bits per heavy atom. The van der Waals surface area contributed by atoms with Gasteiger partial charge in [-0.1, -0.05) is 48.5 Å². The van der Waals surface area contributed by atoms with Crippen molar-refractivity contribution in [1.29, 1.82) is 0 Å². The maximum Gasteiger partial charge on any atom is 0.287 e. The number of hydrazone groups is 1. The van der Waals surface area contributed by atoms with Gasteiger partial charge in [-0.2, -0.15) is 5.10 Å². The molecule has 30 heavy (non-hydrogen) atoms. The number of carbonyl (C=O) groups is 2. The molecule has 6 heteroatoms. The fourth-order valence-corrected chi connectivity index (χ4v) is 2.57. The topological polar surface area (TPSA) is 79.8 Å². The molecule has 3 aromatic rings. The predicted octanol–water partition coefficient (Wildman–Crippen LogP) is 3.62. The standard InChI is InChI=1S/C24H21N3O3/c1-30-21-14-12-19(13-15-21)17-25-27-24(29)22(16-18-8-4-2-5-9-18)26-23(28)20-10-6-3-7-11-20/h2-17H,1H3,(H,26,28)(H,27,29). The molecule has 0 atom stereocenters. The second-order valence-electron chi connectivity index (χ2n) is 6.26. The highest BCUT2D eigenvalue weighted by Gasteiger charge is 2.14. The average Bonchev–Trinajstić information content (AvgIpc) is 2.80. The zero-order chi connectivity index (χ0) is 21.2. The van der Waals surface area contributed by atoms with E-state index < -0.39 is 5.91 Å². The SMILES string of the molecule is COc1ccc(C=NNC(=O)C(=Cc2ccccc2)NC(=O)c2ccccc2)cc1. The maximum atomic E-state index is 12.7. The van der Waals surface area contributed by atoms with E-state index >= 15 is 0 Å². The van der Waals surface area contributed by atoms with Crippen molar-refractivity contribution in [2.45, 2.75) is 0 Å². The van der Waals surface area contributed by atoms with Crippen LogP contribution in [0.3, 0.4) is 0 Å². The van der Waals surface area contributed by atoms with Gasteiger partial charge in [0.2, 0.25) is 0 Å². The number of hydrogen-bond donors (Lipinski definition) is 2. The summed E-state index contributed by atoms with van der Waals surface area (Å²) in [5.41, 5.74) is 4.55. The third-order valence-electron chi connectivity index (χ3n) is 4.13. The second-order valence-corrected chi connectivity index (χ2v) is 6.26. The Morgan fingerprint density at radius 3 is 2.10 bits per heavy atom. The van der Waals surface area contributed by atoms with Crippen molar-refractivity contribution >= 4 is 24.1 Å². The number of hydrogen-bond acceptors (Lipinski definition) is 4. The van der Waals surface area contributed by atoms with Crippen LogP contribution in [0.2, 0.25) is 0 Å². The molecule has 0 unspecified atom stereocenters. The summed E-state index contributed by atoms with van der Waals surface area (Å²) in [6.45, 7) is 0. The number of nitrogens with one attached hydrogen (secondary N) is 2. The van der Waals surface area contributed by atoms with Crippen molar-refractivity contribution in [3.05, 3.63) is 107 Å². The predicted molar refractivity (Wildman–Crippen MR) is 117 cm³/mol. The Labute approximate surface area is 174 Å². The van der Waals surface area contributed by atoms with Gasteiger partial charge in [0.1, 0.15) is 11.4 Å². The lowest BCUT2D eigenvalue weighted by molar-refractivity contribution is -0.117. The summed E-state index contributed by atoms with van der Waals surface area (Å²) in [6.07, 6.45) is 3.11. The van der Waals surface area contributed by atoms with Crippen molar-refractivity contribution in [2.75, 3.05) is 7.11 Å².